The fourth-order valence-electron chi connectivity index (χ4n) is 1.40. The molecule has 2 rings (SSSR count). The van der Waals surface area contributed by atoms with Crippen molar-refractivity contribution in [3.63, 3.8) is 0 Å². The summed E-state index contributed by atoms with van der Waals surface area (Å²) in [5, 5.41) is 9.98. The van der Waals surface area contributed by atoms with E-state index in [4.69, 9.17) is 34.2 Å². The number of aromatic nitrogens is 1. The predicted molar refractivity (Wildman–Crippen MR) is 68.8 cm³/mol. The molecule has 0 aliphatic heterocycles. The summed E-state index contributed by atoms with van der Waals surface area (Å²) < 4.78 is 0. The van der Waals surface area contributed by atoms with E-state index in [1.165, 1.54) is 6.20 Å². The average Bonchev–Trinajstić information content (AvgIpc) is 2.33. The predicted octanol–water partition coefficient (Wildman–Crippen LogP) is 3.51. The van der Waals surface area contributed by atoms with E-state index in [1.54, 1.807) is 24.3 Å². The molecule has 2 N–H and O–H groups in total. The monoisotopic (exact) mass is 263 g/mol. The van der Waals surface area contributed by atoms with Crippen LogP contribution in [-0.2, 0) is 0 Å². The molecule has 0 aliphatic rings. The van der Waals surface area contributed by atoms with Gasteiger partial charge in [0.2, 0.25) is 0 Å². The fourth-order valence-corrected chi connectivity index (χ4v) is 1.79. The summed E-state index contributed by atoms with van der Waals surface area (Å²) in [5.74, 6) is 0. The molecule has 0 bridgehead atoms. The van der Waals surface area contributed by atoms with Crippen molar-refractivity contribution in [2.24, 2.45) is 0 Å². The van der Waals surface area contributed by atoms with E-state index in [-0.39, 0.29) is 0 Å². The zero-order chi connectivity index (χ0) is 12.4. The normalized spacial score (nSPS) is 9.94. The number of nitrogens with two attached hydrogens (primary N) is 1. The summed E-state index contributed by atoms with van der Waals surface area (Å²) in [6.45, 7) is 0. The van der Waals surface area contributed by atoms with Crippen molar-refractivity contribution < 1.29 is 0 Å². The van der Waals surface area contributed by atoms with Gasteiger partial charge in [-0.25, -0.2) is 0 Å². The van der Waals surface area contributed by atoms with E-state index in [0.29, 0.717) is 32.6 Å². The Hall–Kier alpha value is -1.76. The van der Waals surface area contributed by atoms with Crippen LogP contribution in [0.15, 0.2) is 30.5 Å². The zero-order valence-electron chi connectivity index (χ0n) is 8.61. The molecule has 0 amide bonds. The van der Waals surface area contributed by atoms with Gasteiger partial charge in [0.25, 0.3) is 0 Å². The van der Waals surface area contributed by atoms with Gasteiger partial charge in [-0.2, -0.15) is 5.26 Å². The van der Waals surface area contributed by atoms with Crippen molar-refractivity contribution in [2.75, 3.05) is 5.73 Å². The lowest BCUT2D eigenvalue weighted by Gasteiger charge is -2.05. The lowest BCUT2D eigenvalue weighted by molar-refractivity contribution is 1.31. The molecule has 0 radical (unpaired) electrons. The Morgan fingerprint density at radius 1 is 1.24 bits per heavy atom. The number of benzene rings is 1. The zero-order valence-corrected chi connectivity index (χ0v) is 10.1. The standard InChI is InChI=1S/C12H7Cl2N3/c13-8-1-2-10(14)9(4-8)12-3-7(5-15)11(16)6-17-12/h1-4,6H,16H2. The van der Waals surface area contributed by atoms with Crippen LogP contribution >= 0.6 is 23.2 Å². The van der Waals surface area contributed by atoms with E-state index in [0.717, 1.165) is 0 Å². The Labute approximate surface area is 108 Å². The highest BCUT2D eigenvalue weighted by Crippen LogP contribution is 2.30. The largest absolute Gasteiger partial charge is 0.396 e. The first kappa shape index (κ1) is 11.7. The first-order valence-electron chi connectivity index (χ1n) is 4.73. The second-order valence-corrected chi connectivity index (χ2v) is 4.24. The van der Waals surface area contributed by atoms with Crippen molar-refractivity contribution in [3.8, 4) is 17.3 Å². The van der Waals surface area contributed by atoms with E-state index < -0.39 is 0 Å². The van der Waals surface area contributed by atoms with Gasteiger partial charge in [-0.15, -0.1) is 0 Å². The Morgan fingerprint density at radius 3 is 2.71 bits per heavy atom. The number of hydrogen-bond donors (Lipinski definition) is 1. The van der Waals surface area contributed by atoms with E-state index in [9.17, 15) is 0 Å². The van der Waals surface area contributed by atoms with Crippen molar-refractivity contribution in [3.05, 3.63) is 46.1 Å². The van der Waals surface area contributed by atoms with Gasteiger partial charge in [0.1, 0.15) is 6.07 Å². The topological polar surface area (TPSA) is 62.7 Å². The number of halogens is 2. The Bertz CT molecular complexity index is 618. The van der Waals surface area contributed by atoms with Gasteiger partial charge < -0.3 is 5.73 Å². The highest BCUT2D eigenvalue weighted by Gasteiger charge is 2.08. The molecular weight excluding hydrogens is 257 g/mol. The SMILES string of the molecule is N#Cc1cc(-c2cc(Cl)ccc2Cl)ncc1N. The molecule has 2 aromatic rings. The summed E-state index contributed by atoms with van der Waals surface area (Å²) in [6.07, 6.45) is 1.44. The number of nitrogen functional groups attached to an aromatic ring is 1. The third kappa shape index (κ3) is 2.33. The van der Waals surface area contributed by atoms with Gasteiger partial charge in [-0.1, -0.05) is 23.2 Å². The molecule has 1 heterocycles. The van der Waals surface area contributed by atoms with Gasteiger partial charge in [0, 0.05) is 10.6 Å². The number of hydrogen-bond acceptors (Lipinski definition) is 3. The van der Waals surface area contributed by atoms with E-state index >= 15 is 0 Å². The highest BCUT2D eigenvalue weighted by atomic mass is 35.5. The molecular formula is C12H7Cl2N3. The Kier molecular flexibility index (Phi) is 3.19. The second kappa shape index (κ2) is 4.62. The van der Waals surface area contributed by atoms with Crippen LogP contribution in [0.3, 0.4) is 0 Å². The summed E-state index contributed by atoms with van der Waals surface area (Å²) >= 11 is 11.9. The summed E-state index contributed by atoms with van der Waals surface area (Å²) in [7, 11) is 0. The van der Waals surface area contributed by atoms with Gasteiger partial charge in [-0.3, -0.25) is 4.98 Å². The van der Waals surface area contributed by atoms with Crippen molar-refractivity contribution in [1.82, 2.24) is 4.98 Å². The van der Waals surface area contributed by atoms with Crippen LogP contribution in [0, 0.1) is 11.3 Å². The molecule has 1 aromatic heterocycles. The van der Waals surface area contributed by atoms with E-state index in [1.807, 2.05) is 6.07 Å². The minimum absolute atomic E-state index is 0.342. The molecule has 5 heteroatoms. The third-order valence-corrected chi connectivity index (χ3v) is 2.82. The van der Waals surface area contributed by atoms with Gasteiger partial charge in [0.15, 0.2) is 0 Å². The second-order valence-electron chi connectivity index (χ2n) is 3.39. The molecule has 17 heavy (non-hydrogen) atoms. The van der Waals surface area contributed by atoms with Crippen molar-refractivity contribution >= 4 is 28.9 Å². The van der Waals surface area contributed by atoms with Gasteiger partial charge in [-0.05, 0) is 24.3 Å². The molecule has 0 saturated carbocycles. The van der Waals surface area contributed by atoms with Crippen LogP contribution in [0.2, 0.25) is 10.0 Å². The van der Waals surface area contributed by atoms with Crippen LogP contribution < -0.4 is 5.73 Å². The number of nitrogens with zero attached hydrogens (tertiary/aromatic N) is 2. The molecule has 0 atom stereocenters. The maximum atomic E-state index is 8.90. The molecule has 0 aliphatic carbocycles. The van der Waals surface area contributed by atoms with Crippen LogP contribution in [0.1, 0.15) is 5.56 Å². The molecule has 84 valence electrons. The van der Waals surface area contributed by atoms with Crippen molar-refractivity contribution in [2.45, 2.75) is 0 Å². The van der Waals surface area contributed by atoms with Crippen LogP contribution in [0.5, 0.6) is 0 Å². The van der Waals surface area contributed by atoms with Crippen LogP contribution in [0.4, 0.5) is 5.69 Å². The Balaban J connectivity index is 2.61. The molecule has 0 fully saturated rings. The maximum Gasteiger partial charge on any atom is 0.101 e. The minimum Gasteiger partial charge on any atom is -0.396 e. The van der Waals surface area contributed by atoms with Gasteiger partial charge in [0.05, 0.1) is 28.2 Å². The number of anilines is 1. The number of nitriles is 1. The lowest BCUT2D eigenvalue weighted by Crippen LogP contribution is -1.94. The molecule has 1 aromatic carbocycles. The fraction of sp³-hybridized carbons (Fsp3) is 0. The highest BCUT2D eigenvalue weighted by molar-refractivity contribution is 6.35. The first-order valence-corrected chi connectivity index (χ1v) is 5.48. The van der Waals surface area contributed by atoms with Crippen LogP contribution in [-0.4, -0.2) is 4.98 Å². The first-order chi connectivity index (χ1) is 8.11. The molecule has 0 saturated heterocycles. The Morgan fingerprint density at radius 2 is 2.00 bits per heavy atom. The lowest BCUT2D eigenvalue weighted by atomic mass is 10.1. The molecule has 0 unspecified atom stereocenters. The smallest absolute Gasteiger partial charge is 0.101 e. The van der Waals surface area contributed by atoms with E-state index in [2.05, 4.69) is 4.98 Å². The number of pyridine rings is 1. The molecule has 3 nitrogen and oxygen atoms in total. The summed E-state index contributed by atoms with van der Waals surface area (Å²) in [6, 6.07) is 8.66. The number of rotatable bonds is 1. The summed E-state index contributed by atoms with van der Waals surface area (Å²) in [5.41, 5.74) is 7.56. The molecule has 0 spiro atoms. The quantitative estimate of drug-likeness (QED) is 0.857. The minimum atomic E-state index is 0.342. The third-order valence-electron chi connectivity index (χ3n) is 2.26. The maximum absolute atomic E-state index is 8.90. The average molecular weight is 264 g/mol. The van der Waals surface area contributed by atoms with Crippen molar-refractivity contribution in [1.29, 1.82) is 5.26 Å². The summed E-state index contributed by atoms with van der Waals surface area (Å²) in [4.78, 5) is 4.14. The van der Waals surface area contributed by atoms with Gasteiger partial charge >= 0.3 is 0 Å². The van der Waals surface area contributed by atoms with Crippen LogP contribution in [0.25, 0.3) is 11.3 Å².